The van der Waals surface area contributed by atoms with Crippen LogP contribution in [0, 0.1) is 0 Å². The van der Waals surface area contributed by atoms with Gasteiger partial charge in [-0.15, -0.1) is 12.4 Å². The Morgan fingerprint density at radius 2 is 1.72 bits per heavy atom. The van der Waals surface area contributed by atoms with Crippen molar-refractivity contribution in [2.75, 3.05) is 13.1 Å². The van der Waals surface area contributed by atoms with Crippen molar-refractivity contribution in [3.05, 3.63) is 47.9 Å². The zero-order valence-corrected chi connectivity index (χ0v) is 10.9. The topological polar surface area (TPSA) is 37.8 Å². The quantitative estimate of drug-likeness (QED) is 0.856. The maximum Gasteiger partial charge on any atom is 0.116 e. The van der Waals surface area contributed by atoms with Gasteiger partial charge in [-0.05, 0) is 13.0 Å². The molecule has 1 aliphatic heterocycles. The number of halogens is 1. The molecule has 2 aromatic rings. The van der Waals surface area contributed by atoms with Crippen LogP contribution in [0.4, 0.5) is 0 Å². The first-order chi connectivity index (χ1) is 8.45. The van der Waals surface area contributed by atoms with Gasteiger partial charge in [-0.25, -0.2) is 9.97 Å². The van der Waals surface area contributed by atoms with Crippen LogP contribution in [0.3, 0.4) is 0 Å². The molecule has 94 valence electrons. The highest BCUT2D eigenvalue weighted by Crippen LogP contribution is 2.24. The average Bonchev–Trinajstić information content (AvgIpc) is 2.64. The molecule has 1 aromatic carbocycles. The molecule has 0 saturated carbocycles. The molecule has 1 N–H and O–H groups in total. The molecule has 4 heteroatoms. The Labute approximate surface area is 113 Å². The second-order valence-corrected chi connectivity index (χ2v) is 4.26. The highest BCUT2D eigenvalue weighted by Gasteiger charge is 2.14. The molecule has 3 rings (SSSR count). The van der Waals surface area contributed by atoms with Crippen LogP contribution in [0.1, 0.15) is 11.3 Å². The molecule has 0 atom stereocenters. The molecule has 18 heavy (non-hydrogen) atoms. The van der Waals surface area contributed by atoms with Crippen molar-refractivity contribution in [3.8, 4) is 11.3 Å². The zero-order chi connectivity index (χ0) is 11.5. The van der Waals surface area contributed by atoms with Gasteiger partial charge in [-0.2, -0.15) is 0 Å². The summed E-state index contributed by atoms with van der Waals surface area (Å²) in [7, 11) is 0. The van der Waals surface area contributed by atoms with E-state index in [1.165, 1.54) is 16.8 Å². The van der Waals surface area contributed by atoms with E-state index in [2.05, 4.69) is 39.6 Å². The molecule has 0 bridgehead atoms. The summed E-state index contributed by atoms with van der Waals surface area (Å²) in [4.78, 5) is 8.88. The highest BCUT2D eigenvalue weighted by molar-refractivity contribution is 5.85. The van der Waals surface area contributed by atoms with Crippen LogP contribution in [-0.2, 0) is 12.8 Å². The summed E-state index contributed by atoms with van der Waals surface area (Å²) in [5, 5.41) is 3.41. The summed E-state index contributed by atoms with van der Waals surface area (Å²) in [5.74, 6) is 0. The molecule has 1 aliphatic rings. The third kappa shape index (κ3) is 2.52. The smallest absolute Gasteiger partial charge is 0.116 e. The van der Waals surface area contributed by atoms with E-state index in [1.807, 2.05) is 6.07 Å². The Bertz CT molecular complexity index is 514. The number of hydrogen-bond donors (Lipinski definition) is 1. The van der Waals surface area contributed by atoms with Crippen LogP contribution in [0.25, 0.3) is 11.3 Å². The lowest BCUT2D eigenvalue weighted by Gasteiger charge is -2.09. The monoisotopic (exact) mass is 261 g/mol. The number of hydrogen-bond acceptors (Lipinski definition) is 3. The maximum atomic E-state index is 4.47. The lowest BCUT2D eigenvalue weighted by Crippen LogP contribution is -2.16. The molecule has 0 radical (unpaired) electrons. The van der Waals surface area contributed by atoms with Gasteiger partial charge < -0.3 is 5.32 Å². The SMILES string of the molecule is Cl.c1ccc(-c2ncnc3c2CCNCC3)cc1. The summed E-state index contributed by atoms with van der Waals surface area (Å²) in [6.07, 6.45) is 3.70. The van der Waals surface area contributed by atoms with Crippen LogP contribution in [0.15, 0.2) is 36.7 Å². The Morgan fingerprint density at radius 1 is 0.944 bits per heavy atom. The molecule has 1 aromatic heterocycles. The molecule has 0 unspecified atom stereocenters. The molecule has 0 saturated heterocycles. The standard InChI is InChI=1S/C14H15N3.ClH/c1-2-4-11(5-3-1)14-12-6-8-15-9-7-13(12)16-10-17-14;/h1-5,10,15H,6-9H2;1H. The van der Waals surface area contributed by atoms with Crippen LogP contribution in [-0.4, -0.2) is 23.1 Å². The molecule has 0 amide bonds. The first-order valence-corrected chi connectivity index (χ1v) is 6.04. The van der Waals surface area contributed by atoms with Crippen molar-refractivity contribution in [1.29, 1.82) is 0 Å². The molecular formula is C14H16ClN3. The second-order valence-electron chi connectivity index (χ2n) is 4.26. The number of nitrogens with one attached hydrogen (secondary N) is 1. The van der Waals surface area contributed by atoms with E-state index in [0.717, 1.165) is 31.6 Å². The fourth-order valence-electron chi connectivity index (χ4n) is 2.32. The van der Waals surface area contributed by atoms with E-state index >= 15 is 0 Å². The third-order valence-corrected chi connectivity index (χ3v) is 3.17. The lowest BCUT2D eigenvalue weighted by molar-refractivity contribution is 0.708. The molecule has 2 heterocycles. The van der Waals surface area contributed by atoms with E-state index < -0.39 is 0 Å². The Balaban J connectivity index is 0.00000120. The van der Waals surface area contributed by atoms with E-state index in [-0.39, 0.29) is 12.4 Å². The van der Waals surface area contributed by atoms with E-state index in [4.69, 9.17) is 0 Å². The van der Waals surface area contributed by atoms with Gasteiger partial charge in [-0.1, -0.05) is 30.3 Å². The number of benzene rings is 1. The van der Waals surface area contributed by atoms with Gasteiger partial charge in [-0.3, -0.25) is 0 Å². The average molecular weight is 262 g/mol. The van der Waals surface area contributed by atoms with E-state index in [9.17, 15) is 0 Å². The molecule has 0 spiro atoms. The zero-order valence-electron chi connectivity index (χ0n) is 10.1. The predicted molar refractivity (Wildman–Crippen MR) is 75.0 cm³/mol. The second kappa shape index (κ2) is 5.94. The van der Waals surface area contributed by atoms with Crippen molar-refractivity contribution >= 4 is 12.4 Å². The number of rotatable bonds is 1. The van der Waals surface area contributed by atoms with Crippen LogP contribution in [0.5, 0.6) is 0 Å². The lowest BCUT2D eigenvalue weighted by atomic mass is 10.0. The minimum atomic E-state index is 0. The Kier molecular flexibility index (Phi) is 4.28. The number of aromatic nitrogens is 2. The van der Waals surface area contributed by atoms with Gasteiger partial charge in [0.05, 0.1) is 5.69 Å². The fourth-order valence-corrected chi connectivity index (χ4v) is 2.32. The normalized spacial score (nSPS) is 14.2. The van der Waals surface area contributed by atoms with Gasteiger partial charge in [0.15, 0.2) is 0 Å². The minimum Gasteiger partial charge on any atom is -0.316 e. The summed E-state index contributed by atoms with van der Waals surface area (Å²) >= 11 is 0. The highest BCUT2D eigenvalue weighted by atomic mass is 35.5. The summed E-state index contributed by atoms with van der Waals surface area (Å²) in [5.41, 5.74) is 4.79. The van der Waals surface area contributed by atoms with Gasteiger partial charge in [0.25, 0.3) is 0 Å². The minimum absolute atomic E-state index is 0. The number of fused-ring (bicyclic) bond motifs is 1. The van der Waals surface area contributed by atoms with Gasteiger partial charge in [0.2, 0.25) is 0 Å². The van der Waals surface area contributed by atoms with Crippen molar-refractivity contribution < 1.29 is 0 Å². The van der Waals surface area contributed by atoms with Gasteiger partial charge in [0, 0.05) is 29.8 Å². The van der Waals surface area contributed by atoms with Crippen molar-refractivity contribution in [2.24, 2.45) is 0 Å². The summed E-state index contributed by atoms with van der Waals surface area (Å²) in [6, 6.07) is 10.4. The van der Waals surface area contributed by atoms with Gasteiger partial charge >= 0.3 is 0 Å². The fraction of sp³-hybridized carbons (Fsp3) is 0.286. The van der Waals surface area contributed by atoms with Crippen molar-refractivity contribution in [3.63, 3.8) is 0 Å². The third-order valence-electron chi connectivity index (χ3n) is 3.17. The summed E-state index contributed by atoms with van der Waals surface area (Å²) < 4.78 is 0. The summed E-state index contributed by atoms with van der Waals surface area (Å²) in [6.45, 7) is 2.03. The molecular weight excluding hydrogens is 246 g/mol. The first kappa shape index (κ1) is 13.0. The molecule has 3 nitrogen and oxygen atoms in total. The Hall–Kier alpha value is -1.45. The molecule has 0 fully saturated rings. The van der Waals surface area contributed by atoms with Crippen molar-refractivity contribution in [2.45, 2.75) is 12.8 Å². The molecule has 0 aliphatic carbocycles. The number of nitrogens with zero attached hydrogens (tertiary/aromatic N) is 2. The first-order valence-electron chi connectivity index (χ1n) is 6.04. The van der Waals surface area contributed by atoms with Crippen LogP contribution in [0.2, 0.25) is 0 Å². The van der Waals surface area contributed by atoms with E-state index in [0.29, 0.717) is 0 Å². The maximum absolute atomic E-state index is 4.47. The van der Waals surface area contributed by atoms with Crippen LogP contribution >= 0.6 is 12.4 Å². The largest absolute Gasteiger partial charge is 0.316 e. The Morgan fingerprint density at radius 3 is 2.56 bits per heavy atom. The van der Waals surface area contributed by atoms with E-state index in [1.54, 1.807) is 6.33 Å². The van der Waals surface area contributed by atoms with Gasteiger partial charge in [0.1, 0.15) is 6.33 Å². The van der Waals surface area contributed by atoms with Crippen molar-refractivity contribution in [1.82, 2.24) is 15.3 Å². The predicted octanol–water partition coefficient (Wildman–Crippen LogP) is 2.25. The van der Waals surface area contributed by atoms with Crippen LogP contribution < -0.4 is 5.32 Å².